The number of aliphatic carboxylic acids is 2. The highest BCUT2D eigenvalue weighted by molar-refractivity contribution is 6.08. The quantitative estimate of drug-likeness (QED) is 0.281. The lowest BCUT2D eigenvalue weighted by molar-refractivity contribution is -0.192. The van der Waals surface area contributed by atoms with Gasteiger partial charge in [-0.15, -0.1) is 0 Å². The summed E-state index contributed by atoms with van der Waals surface area (Å²) in [5.41, 5.74) is 15.1. The van der Waals surface area contributed by atoms with Crippen LogP contribution in [0.1, 0.15) is 52.1 Å². The largest absolute Gasteiger partial charge is 0.490 e. The maximum absolute atomic E-state index is 12.5. The molecule has 0 unspecified atom stereocenters. The van der Waals surface area contributed by atoms with Crippen LogP contribution in [0.5, 0.6) is 0 Å². The molecule has 0 atom stereocenters. The highest BCUT2D eigenvalue weighted by Crippen LogP contribution is 2.30. The molecule has 0 aromatic heterocycles. The van der Waals surface area contributed by atoms with Gasteiger partial charge in [0.1, 0.15) is 6.54 Å². The summed E-state index contributed by atoms with van der Waals surface area (Å²) >= 11 is 0. The van der Waals surface area contributed by atoms with Crippen molar-refractivity contribution in [2.45, 2.75) is 39.4 Å². The van der Waals surface area contributed by atoms with Crippen LogP contribution < -0.4 is 21.3 Å². The summed E-state index contributed by atoms with van der Waals surface area (Å²) in [7, 11) is 0. The smallest absolute Gasteiger partial charge is 0.480 e. The number of anilines is 2. The highest BCUT2D eigenvalue weighted by Gasteiger charge is 2.38. The Morgan fingerprint density at radius 3 is 2.07 bits per heavy atom. The third-order valence-electron chi connectivity index (χ3n) is 6.41. The molecule has 0 spiro atoms. The number of carboxylic acids is 2. The molecule has 3 amide bonds. The summed E-state index contributed by atoms with van der Waals surface area (Å²) < 4.78 is 31.7. The predicted octanol–water partition coefficient (Wildman–Crippen LogP) is 4.23. The van der Waals surface area contributed by atoms with Crippen LogP contribution in [0.4, 0.5) is 24.5 Å². The highest BCUT2D eigenvalue weighted by atomic mass is 19.4. The summed E-state index contributed by atoms with van der Waals surface area (Å²) in [5, 5.41) is 16.2. The van der Waals surface area contributed by atoms with Crippen molar-refractivity contribution in [3.05, 3.63) is 95.1 Å². The number of hydrogen-bond donors (Lipinski definition) is 4. The third kappa shape index (κ3) is 11.0. The first-order valence-electron chi connectivity index (χ1n) is 14.0. The number of amides is 3. The number of carboxylic acid groups (broad SMARTS) is 2. The van der Waals surface area contributed by atoms with E-state index in [1.165, 1.54) is 4.90 Å². The van der Waals surface area contributed by atoms with E-state index in [1.54, 1.807) is 65.6 Å². The van der Waals surface area contributed by atoms with E-state index in [9.17, 15) is 32.3 Å². The molecule has 3 aromatic rings. The number of benzene rings is 3. The van der Waals surface area contributed by atoms with Gasteiger partial charge in [-0.2, -0.15) is 13.2 Å². The Hall–Kier alpha value is -5.24. The van der Waals surface area contributed by atoms with Gasteiger partial charge in [-0.3, -0.25) is 24.1 Å². The summed E-state index contributed by atoms with van der Waals surface area (Å²) in [6, 6.07) is 20.9. The lowest BCUT2D eigenvalue weighted by atomic mass is 10.1. The Bertz CT molecular complexity index is 1550. The average Bonchev–Trinajstić information content (AvgIpc) is 3.43. The van der Waals surface area contributed by atoms with Crippen molar-refractivity contribution < 1.29 is 47.4 Å². The van der Waals surface area contributed by atoms with Gasteiger partial charge in [-0.1, -0.05) is 50.2 Å². The van der Waals surface area contributed by atoms with E-state index in [4.69, 9.17) is 26.5 Å². The van der Waals surface area contributed by atoms with E-state index >= 15 is 0 Å². The van der Waals surface area contributed by atoms with Crippen LogP contribution >= 0.6 is 0 Å². The number of nitrogens with zero attached hydrogens (tertiary/aromatic N) is 2. The van der Waals surface area contributed by atoms with Crippen molar-refractivity contribution in [2.75, 3.05) is 22.9 Å². The number of alkyl halides is 3. The Morgan fingerprint density at radius 2 is 1.54 bits per heavy atom. The Balaban J connectivity index is 0.000000268. The second kappa shape index (κ2) is 16.7. The van der Waals surface area contributed by atoms with Crippen LogP contribution in [-0.2, 0) is 27.3 Å². The van der Waals surface area contributed by atoms with E-state index < -0.39 is 30.6 Å². The van der Waals surface area contributed by atoms with Crippen LogP contribution in [0.2, 0.25) is 0 Å². The number of fused-ring (bicyclic) bond motifs is 1. The third-order valence-corrected chi connectivity index (χ3v) is 6.41. The number of primary amides is 1. The van der Waals surface area contributed by atoms with Gasteiger partial charge in [0.15, 0.2) is 0 Å². The van der Waals surface area contributed by atoms with Gasteiger partial charge in [0.25, 0.3) is 5.91 Å². The van der Waals surface area contributed by atoms with E-state index in [0.717, 1.165) is 23.2 Å². The fourth-order valence-electron chi connectivity index (χ4n) is 4.25. The number of carbonyl (C=O) groups is 5. The van der Waals surface area contributed by atoms with Crippen LogP contribution in [0.25, 0.3) is 0 Å². The zero-order chi connectivity index (χ0) is 34.6. The standard InChI is InChI=1S/C16H16N2O3.C14H18N2O2.C2HF3O2/c17-10-12-5-4-8-14(9-12)18(11-15(19)20)16(21)13-6-2-1-3-7-13;1-9(2)7-13(17)16-6-5-10-3-4-11(14(15)18)8-12(10)16;3-2(4,5)1(6)7/h1-9H,10-11,17H2,(H,19,20);3-4,8-9H,5-7H2,1-2H3,(H2,15,18);(H,6,7). The van der Waals surface area contributed by atoms with Crippen molar-refractivity contribution in [1.29, 1.82) is 0 Å². The molecule has 0 saturated heterocycles. The average molecular weight is 645 g/mol. The topological polar surface area (TPSA) is 184 Å². The van der Waals surface area contributed by atoms with Gasteiger partial charge in [-0.05, 0) is 59.9 Å². The van der Waals surface area contributed by atoms with Gasteiger partial charge in [0.2, 0.25) is 11.8 Å². The van der Waals surface area contributed by atoms with E-state index in [1.807, 2.05) is 26.0 Å². The minimum atomic E-state index is -5.08. The first kappa shape index (κ1) is 36.9. The molecule has 6 N–H and O–H groups in total. The fraction of sp³-hybridized carbons (Fsp3) is 0.281. The molecule has 246 valence electrons. The van der Waals surface area contributed by atoms with Gasteiger partial charge >= 0.3 is 18.1 Å². The van der Waals surface area contributed by atoms with Crippen molar-refractivity contribution >= 4 is 41.0 Å². The van der Waals surface area contributed by atoms with Gasteiger partial charge in [0.05, 0.1) is 0 Å². The molecule has 1 heterocycles. The molecular formula is C32H35F3N4O7. The summed E-state index contributed by atoms with van der Waals surface area (Å²) in [6.07, 6.45) is -3.71. The number of carbonyl (C=O) groups excluding carboxylic acids is 3. The number of rotatable bonds is 8. The van der Waals surface area contributed by atoms with Crippen LogP contribution in [0.15, 0.2) is 72.8 Å². The Labute approximate surface area is 263 Å². The van der Waals surface area contributed by atoms with Gasteiger partial charge in [0, 0.05) is 42.0 Å². The molecule has 14 heteroatoms. The molecule has 3 aromatic carbocycles. The van der Waals surface area contributed by atoms with Crippen molar-refractivity contribution in [3.8, 4) is 0 Å². The minimum absolute atomic E-state index is 0.116. The first-order chi connectivity index (χ1) is 21.5. The maximum atomic E-state index is 12.5. The molecule has 0 fully saturated rings. The molecule has 0 aliphatic carbocycles. The minimum Gasteiger partial charge on any atom is -0.480 e. The lowest BCUT2D eigenvalue weighted by Gasteiger charge is -2.21. The second-order valence-electron chi connectivity index (χ2n) is 10.4. The van der Waals surface area contributed by atoms with Crippen LogP contribution in [0.3, 0.4) is 0 Å². The summed E-state index contributed by atoms with van der Waals surface area (Å²) in [6.45, 7) is 4.67. The summed E-state index contributed by atoms with van der Waals surface area (Å²) in [5.74, 6) is -4.19. The molecule has 1 aliphatic rings. The van der Waals surface area contributed by atoms with Gasteiger partial charge in [-0.25, -0.2) is 4.79 Å². The number of hydrogen-bond acceptors (Lipinski definition) is 6. The molecule has 4 rings (SSSR count). The zero-order valence-electron chi connectivity index (χ0n) is 25.2. The summed E-state index contributed by atoms with van der Waals surface area (Å²) in [4.78, 5) is 58.7. The molecular weight excluding hydrogens is 609 g/mol. The zero-order valence-corrected chi connectivity index (χ0v) is 25.2. The fourth-order valence-corrected chi connectivity index (χ4v) is 4.25. The SMILES string of the molecule is CC(C)CC(=O)N1CCc2ccc(C(N)=O)cc21.NCc1cccc(N(CC(=O)O)C(=O)c2ccccc2)c1.O=C(O)C(F)(F)F. The van der Waals surface area contributed by atoms with Gasteiger partial charge < -0.3 is 26.6 Å². The Morgan fingerprint density at radius 1 is 0.913 bits per heavy atom. The number of halogens is 3. The monoisotopic (exact) mass is 644 g/mol. The van der Waals surface area contributed by atoms with E-state index in [-0.39, 0.29) is 11.8 Å². The lowest BCUT2D eigenvalue weighted by Crippen LogP contribution is -2.35. The van der Waals surface area contributed by atoms with E-state index in [2.05, 4.69) is 0 Å². The van der Waals surface area contributed by atoms with Crippen molar-refractivity contribution in [2.24, 2.45) is 17.4 Å². The van der Waals surface area contributed by atoms with Crippen LogP contribution in [0, 0.1) is 5.92 Å². The van der Waals surface area contributed by atoms with Crippen molar-refractivity contribution in [3.63, 3.8) is 0 Å². The molecule has 11 nitrogen and oxygen atoms in total. The molecule has 46 heavy (non-hydrogen) atoms. The number of nitrogens with two attached hydrogens (primary N) is 2. The van der Waals surface area contributed by atoms with Crippen LogP contribution in [-0.4, -0.2) is 59.1 Å². The van der Waals surface area contributed by atoms with Crippen molar-refractivity contribution in [1.82, 2.24) is 0 Å². The molecule has 0 radical (unpaired) electrons. The molecule has 0 bridgehead atoms. The molecule has 1 aliphatic heterocycles. The van der Waals surface area contributed by atoms with E-state index in [0.29, 0.717) is 42.2 Å². The Kier molecular flexibility index (Phi) is 13.4. The normalized spacial score (nSPS) is 11.8. The predicted molar refractivity (Wildman–Crippen MR) is 164 cm³/mol. The molecule has 0 saturated carbocycles. The maximum Gasteiger partial charge on any atom is 0.490 e. The first-order valence-corrected chi connectivity index (χ1v) is 14.0. The second-order valence-corrected chi connectivity index (χ2v) is 10.4.